The Morgan fingerprint density at radius 2 is 2.27 bits per heavy atom. The lowest BCUT2D eigenvalue weighted by atomic mass is 10.1. The summed E-state index contributed by atoms with van der Waals surface area (Å²) in [6.07, 6.45) is 6.46. The lowest BCUT2D eigenvalue weighted by molar-refractivity contribution is -0.132. The molecule has 1 aliphatic heterocycles. The first-order valence-electron chi connectivity index (χ1n) is 8.33. The lowest BCUT2D eigenvalue weighted by Crippen LogP contribution is -2.36. The van der Waals surface area contributed by atoms with E-state index in [-0.39, 0.29) is 5.91 Å². The van der Waals surface area contributed by atoms with Crippen LogP contribution in [0.25, 0.3) is 11.4 Å². The Morgan fingerprint density at radius 3 is 3.12 bits per heavy atom. The zero-order valence-corrected chi connectivity index (χ0v) is 14.7. The highest BCUT2D eigenvalue weighted by atomic mass is 35.5. The second kappa shape index (κ2) is 7.21. The van der Waals surface area contributed by atoms with Gasteiger partial charge in [-0.1, -0.05) is 16.8 Å². The average molecular weight is 370 g/mol. The summed E-state index contributed by atoms with van der Waals surface area (Å²) < 4.78 is 5.24. The summed E-state index contributed by atoms with van der Waals surface area (Å²) in [6, 6.07) is 5.54. The SMILES string of the molecule is O=C(CCc1nc(-c2cccnc2)no1)N1CCc2ncc(Cl)cc2C1. The van der Waals surface area contributed by atoms with Gasteiger partial charge in [-0.15, -0.1) is 0 Å². The number of aromatic nitrogens is 4. The van der Waals surface area contributed by atoms with Crippen LogP contribution >= 0.6 is 11.6 Å². The number of carbonyl (C=O) groups is 1. The van der Waals surface area contributed by atoms with Crippen LogP contribution in [0.15, 0.2) is 41.3 Å². The summed E-state index contributed by atoms with van der Waals surface area (Å²) in [7, 11) is 0. The first kappa shape index (κ1) is 16.7. The van der Waals surface area contributed by atoms with Crippen molar-refractivity contribution >= 4 is 17.5 Å². The summed E-state index contributed by atoms with van der Waals surface area (Å²) in [5.74, 6) is 0.976. The second-order valence-electron chi connectivity index (χ2n) is 6.08. The molecule has 132 valence electrons. The van der Waals surface area contributed by atoms with Crippen molar-refractivity contribution in [2.75, 3.05) is 6.54 Å². The maximum atomic E-state index is 12.5. The van der Waals surface area contributed by atoms with Gasteiger partial charge in [-0.2, -0.15) is 4.98 Å². The van der Waals surface area contributed by atoms with Crippen molar-refractivity contribution in [2.45, 2.75) is 25.8 Å². The van der Waals surface area contributed by atoms with Crippen LogP contribution in [0.4, 0.5) is 0 Å². The molecule has 0 bridgehead atoms. The number of amides is 1. The zero-order chi connectivity index (χ0) is 17.9. The van der Waals surface area contributed by atoms with Gasteiger partial charge in [-0.25, -0.2) is 0 Å². The minimum Gasteiger partial charge on any atom is -0.339 e. The topological polar surface area (TPSA) is 85.0 Å². The third-order valence-corrected chi connectivity index (χ3v) is 4.51. The van der Waals surface area contributed by atoms with E-state index in [1.54, 1.807) is 18.6 Å². The minimum absolute atomic E-state index is 0.0525. The number of carbonyl (C=O) groups excluding carboxylic acids is 1. The minimum atomic E-state index is 0.0525. The highest BCUT2D eigenvalue weighted by molar-refractivity contribution is 6.30. The Balaban J connectivity index is 1.37. The molecule has 4 rings (SSSR count). The van der Waals surface area contributed by atoms with E-state index < -0.39 is 0 Å². The molecule has 1 aliphatic rings. The normalized spacial score (nSPS) is 13.5. The molecule has 0 unspecified atom stereocenters. The Kier molecular flexibility index (Phi) is 4.62. The van der Waals surface area contributed by atoms with Crippen LogP contribution < -0.4 is 0 Å². The molecular weight excluding hydrogens is 354 g/mol. The van der Waals surface area contributed by atoms with E-state index in [4.69, 9.17) is 16.1 Å². The molecule has 1 amide bonds. The molecule has 3 aromatic heterocycles. The Labute approximate surface area is 155 Å². The third-order valence-electron chi connectivity index (χ3n) is 4.30. The largest absolute Gasteiger partial charge is 0.339 e. The Hall–Kier alpha value is -2.80. The second-order valence-corrected chi connectivity index (χ2v) is 6.51. The van der Waals surface area contributed by atoms with Crippen molar-refractivity contribution in [3.05, 3.63) is 59.0 Å². The van der Waals surface area contributed by atoms with Crippen molar-refractivity contribution in [3.8, 4) is 11.4 Å². The van der Waals surface area contributed by atoms with Gasteiger partial charge in [0.2, 0.25) is 17.6 Å². The van der Waals surface area contributed by atoms with E-state index in [1.807, 2.05) is 23.1 Å². The molecule has 0 aromatic carbocycles. The van der Waals surface area contributed by atoms with Gasteiger partial charge in [0, 0.05) is 62.2 Å². The average Bonchev–Trinajstić information content (AvgIpc) is 3.15. The van der Waals surface area contributed by atoms with Gasteiger partial charge in [0.1, 0.15) is 0 Å². The van der Waals surface area contributed by atoms with E-state index in [1.165, 1.54) is 0 Å². The standard InChI is InChI=1S/C18H16ClN5O2/c19-14-8-13-11-24(7-5-15(13)21-10-14)17(25)4-3-16-22-18(23-26-16)12-2-1-6-20-9-12/h1-2,6,8-10H,3-5,7,11H2. The lowest BCUT2D eigenvalue weighted by Gasteiger charge is -2.28. The first-order chi connectivity index (χ1) is 12.7. The number of rotatable bonds is 4. The molecule has 0 fully saturated rings. The van der Waals surface area contributed by atoms with E-state index in [9.17, 15) is 4.79 Å². The smallest absolute Gasteiger partial charge is 0.227 e. The number of aryl methyl sites for hydroxylation is 1. The molecule has 0 aliphatic carbocycles. The Bertz CT molecular complexity index is 928. The van der Waals surface area contributed by atoms with E-state index in [0.29, 0.717) is 42.7 Å². The summed E-state index contributed by atoms with van der Waals surface area (Å²) in [5.41, 5.74) is 2.80. The van der Waals surface area contributed by atoms with Crippen LogP contribution in [0.1, 0.15) is 23.6 Å². The van der Waals surface area contributed by atoms with E-state index in [0.717, 1.165) is 23.2 Å². The van der Waals surface area contributed by atoms with Crippen molar-refractivity contribution in [3.63, 3.8) is 0 Å². The quantitative estimate of drug-likeness (QED) is 0.703. The fraction of sp³-hybridized carbons (Fsp3) is 0.278. The van der Waals surface area contributed by atoms with Gasteiger partial charge >= 0.3 is 0 Å². The van der Waals surface area contributed by atoms with Crippen LogP contribution in [0.3, 0.4) is 0 Å². The predicted molar refractivity (Wildman–Crippen MR) is 94.2 cm³/mol. The van der Waals surface area contributed by atoms with Gasteiger partial charge in [0.15, 0.2) is 0 Å². The summed E-state index contributed by atoms with van der Waals surface area (Å²) >= 11 is 6.00. The third kappa shape index (κ3) is 3.57. The molecule has 0 saturated carbocycles. The maximum Gasteiger partial charge on any atom is 0.227 e. The molecular formula is C18H16ClN5O2. The van der Waals surface area contributed by atoms with Crippen molar-refractivity contribution in [2.24, 2.45) is 0 Å². The Morgan fingerprint density at radius 1 is 1.35 bits per heavy atom. The highest BCUT2D eigenvalue weighted by Gasteiger charge is 2.22. The van der Waals surface area contributed by atoms with Crippen molar-refractivity contribution in [1.82, 2.24) is 25.0 Å². The maximum absolute atomic E-state index is 12.5. The zero-order valence-electron chi connectivity index (χ0n) is 13.9. The number of halogens is 1. The summed E-state index contributed by atoms with van der Waals surface area (Å²) in [5, 5.41) is 4.53. The molecule has 0 spiro atoms. The highest BCUT2D eigenvalue weighted by Crippen LogP contribution is 2.21. The van der Waals surface area contributed by atoms with Crippen LogP contribution in [0.2, 0.25) is 5.02 Å². The molecule has 0 saturated heterocycles. The van der Waals surface area contributed by atoms with Gasteiger partial charge < -0.3 is 9.42 Å². The van der Waals surface area contributed by atoms with Gasteiger partial charge in [-0.05, 0) is 23.8 Å². The molecule has 3 aromatic rings. The molecule has 4 heterocycles. The molecule has 0 N–H and O–H groups in total. The number of fused-ring (bicyclic) bond motifs is 1. The van der Waals surface area contributed by atoms with Crippen LogP contribution in [-0.4, -0.2) is 37.5 Å². The van der Waals surface area contributed by atoms with Crippen LogP contribution in [0.5, 0.6) is 0 Å². The fourth-order valence-electron chi connectivity index (χ4n) is 2.95. The van der Waals surface area contributed by atoms with E-state index >= 15 is 0 Å². The van der Waals surface area contributed by atoms with Gasteiger partial charge in [-0.3, -0.25) is 14.8 Å². The van der Waals surface area contributed by atoms with Crippen molar-refractivity contribution in [1.29, 1.82) is 0 Å². The van der Waals surface area contributed by atoms with E-state index in [2.05, 4.69) is 20.1 Å². The van der Waals surface area contributed by atoms with Crippen molar-refractivity contribution < 1.29 is 9.32 Å². The first-order valence-corrected chi connectivity index (χ1v) is 8.71. The van der Waals surface area contributed by atoms with Gasteiger partial charge in [0.25, 0.3) is 0 Å². The van der Waals surface area contributed by atoms with Crippen LogP contribution in [0, 0.1) is 0 Å². The number of hydrogen-bond donors (Lipinski definition) is 0. The number of nitrogens with zero attached hydrogens (tertiary/aromatic N) is 5. The summed E-state index contributed by atoms with van der Waals surface area (Å²) in [4.78, 5) is 27.0. The monoisotopic (exact) mass is 369 g/mol. The molecule has 7 nitrogen and oxygen atoms in total. The molecule has 8 heteroatoms. The number of hydrogen-bond acceptors (Lipinski definition) is 6. The van der Waals surface area contributed by atoms with Crippen LogP contribution in [-0.2, 0) is 24.2 Å². The molecule has 0 atom stereocenters. The number of pyridine rings is 2. The fourth-order valence-corrected chi connectivity index (χ4v) is 3.13. The molecule has 26 heavy (non-hydrogen) atoms. The van der Waals surface area contributed by atoms with Gasteiger partial charge in [0.05, 0.1) is 5.02 Å². The summed E-state index contributed by atoms with van der Waals surface area (Å²) in [6.45, 7) is 1.19. The molecule has 0 radical (unpaired) electrons. The predicted octanol–water partition coefficient (Wildman–Crippen LogP) is 2.70.